The van der Waals surface area contributed by atoms with Crippen molar-refractivity contribution in [2.24, 2.45) is 0 Å². The van der Waals surface area contributed by atoms with E-state index in [9.17, 15) is 4.79 Å². The smallest absolute Gasteiger partial charge is 0.183 e. The lowest BCUT2D eigenvalue weighted by atomic mass is 10.2. The normalized spacial score (nSPS) is 10.1. The van der Waals surface area contributed by atoms with Gasteiger partial charge in [0.05, 0.1) is 6.07 Å². The summed E-state index contributed by atoms with van der Waals surface area (Å²) in [5.41, 5.74) is 1.18. The van der Waals surface area contributed by atoms with Gasteiger partial charge in [-0.15, -0.1) is 0 Å². The fourth-order valence-electron chi connectivity index (χ4n) is 1.37. The van der Waals surface area contributed by atoms with Crippen molar-refractivity contribution in [2.45, 2.75) is 12.8 Å². The molecule has 0 saturated heterocycles. The number of hydrogen-bond donors (Lipinski definition) is 0. The number of nitrogens with zero attached hydrogens (tertiary/aromatic N) is 3. The molecule has 2 rings (SSSR count). The molecule has 2 heterocycles. The molecule has 15 heavy (non-hydrogen) atoms. The van der Waals surface area contributed by atoms with E-state index in [-0.39, 0.29) is 18.6 Å². The largest absolute Gasteiger partial charge is 0.306 e. The standard InChI is InChI=1S/C11H9N3O/c12-6-3-4-10(15)9-8-14-7-2-1-5-11(14)13-9/h1-2,5,7-8H,3-4H2. The van der Waals surface area contributed by atoms with Gasteiger partial charge >= 0.3 is 0 Å². The minimum atomic E-state index is -0.0831. The van der Waals surface area contributed by atoms with Gasteiger partial charge in [0.25, 0.3) is 0 Å². The average Bonchev–Trinajstić information content (AvgIpc) is 2.69. The predicted molar refractivity (Wildman–Crippen MR) is 54.4 cm³/mol. The molecule has 0 amide bonds. The van der Waals surface area contributed by atoms with Gasteiger partial charge in [-0.05, 0) is 12.1 Å². The SMILES string of the molecule is N#CCCC(=O)c1cn2ccccc2n1. The van der Waals surface area contributed by atoms with Crippen LogP contribution >= 0.6 is 0 Å². The first kappa shape index (κ1) is 9.41. The lowest BCUT2D eigenvalue weighted by molar-refractivity contribution is 0.0980. The van der Waals surface area contributed by atoms with Gasteiger partial charge in [-0.3, -0.25) is 4.79 Å². The van der Waals surface area contributed by atoms with Crippen LogP contribution in [0.2, 0.25) is 0 Å². The van der Waals surface area contributed by atoms with Crippen LogP contribution in [0.5, 0.6) is 0 Å². The molecule has 0 saturated carbocycles. The zero-order valence-corrected chi connectivity index (χ0v) is 8.05. The van der Waals surface area contributed by atoms with E-state index in [1.165, 1.54) is 0 Å². The highest BCUT2D eigenvalue weighted by Crippen LogP contribution is 2.07. The third-order valence-electron chi connectivity index (χ3n) is 2.11. The first-order valence-electron chi connectivity index (χ1n) is 4.65. The van der Waals surface area contributed by atoms with Crippen LogP contribution in [0.1, 0.15) is 23.3 Å². The second-order valence-corrected chi connectivity index (χ2v) is 3.17. The minimum Gasteiger partial charge on any atom is -0.306 e. The van der Waals surface area contributed by atoms with Crippen molar-refractivity contribution in [2.75, 3.05) is 0 Å². The number of rotatable bonds is 3. The number of pyridine rings is 1. The predicted octanol–water partition coefficient (Wildman–Crippen LogP) is 1.82. The molecule has 0 aliphatic carbocycles. The third-order valence-corrected chi connectivity index (χ3v) is 2.11. The van der Waals surface area contributed by atoms with Crippen LogP contribution < -0.4 is 0 Å². The first-order valence-corrected chi connectivity index (χ1v) is 4.65. The second-order valence-electron chi connectivity index (χ2n) is 3.17. The van der Waals surface area contributed by atoms with Crippen LogP contribution in [0, 0.1) is 11.3 Å². The molecule has 0 radical (unpaired) electrons. The molecule has 0 N–H and O–H groups in total. The fraction of sp³-hybridized carbons (Fsp3) is 0.182. The molecule has 0 unspecified atom stereocenters. The van der Waals surface area contributed by atoms with Gasteiger partial charge in [0.1, 0.15) is 11.3 Å². The molecule has 0 bridgehead atoms. The van der Waals surface area contributed by atoms with E-state index in [2.05, 4.69) is 4.98 Å². The van der Waals surface area contributed by atoms with Crippen LogP contribution in [0.25, 0.3) is 5.65 Å². The monoisotopic (exact) mass is 199 g/mol. The van der Waals surface area contributed by atoms with E-state index >= 15 is 0 Å². The lowest BCUT2D eigenvalue weighted by Gasteiger charge is -1.88. The van der Waals surface area contributed by atoms with E-state index in [0.29, 0.717) is 5.69 Å². The summed E-state index contributed by atoms with van der Waals surface area (Å²) in [7, 11) is 0. The third kappa shape index (κ3) is 1.86. The van der Waals surface area contributed by atoms with E-state index in [1.807, 2.05) is 30.5 Å². The zero-order chi connectivity index (χ0) is 10.7. The molecule has 0 atom stereocenters. The molecule has 2 aromatic rings. The summed E-state index contributed by atoms with van der Waals surface area (Å²) >= 11 is 0. The molecule has 0 aliphatic rings. The number of carbonyl (C=O) groups excluding carboxylic acids is 1. The first-order chi connectivity index (χ1) is 7.31. The molecule has 4 nitrogen and oxygen atoms in total. The summed E-state index contributed by atoms with van der Waals surface area (Å²) in [5, 5.41) is 8.37. The Balaban J connectivity index is 2.29. The number of nitriles is 1. The van der Waals surface area contributed by atoms with Crippen molar-refractivity contribution in [3.8, 4) is 6.07 Å². The van der Waals surface area contributed by atoms with Gasteiger partial charge in [0, 0.05) is 25.2 Å². The van der Waals surface area contributed by atoms with Gasteiger partial charge in [0.2, 0.25) is 0 Å². The summed E-state index contributed by atoms with van der Waals surface area (Å²) in [6.07, 6.45) is 4.01. The Morgan fingerprint density at radius 3 is 3.13 bits per heavy atom. The fourth-order valence-corrected chi connectivity index (χ4v) is 1.37. The number of Topliss-reactive ketones (excluding diaryl/α,β-unsaturated/α-hetero) is 1. The maximum atomic E-state index is 11.5. The number of fused-ring (bicyclic) bond motifs is 1. The highest BCUT2D eigenvalue weighted by atomic mass is 16.1. The van der Waals surface area contributed by atoms with Crippen LogP contribution in [0.3, 0.4) is 0 Å². The number of imidazole rings is 1. The van der Waals surface area contributed by atoms with E-state index in [4.69, 9.17) is 5.26 Å². The Bertz CT molecular complexity index is 503. The Labute approximate surface area is 86.8 Å². The summed E-state index contributed by atoms with van der Waals surface area (Å²) in [4.78, 5) is 15.7. The Hall–Kier alpha value is -2.15. The quantitative estimate of drug-likeness (QED) is 0.708. The molecule has 0 aliphatic heterocycles. The Kier molecular flexibility index (Phi) is 2.46. The zero-order valence-electron chi connectivity index (χ0n) is 8.05. The molecular weight excluding hydrogens is 190 g/mol. The number of aromatic nitrogens is 2. The molecule has 4 heteroatoms. The minimum absolute atomic E-state index is 0.0831. The van der Waals surface area contributed by atoms with E-state index < -0.39 is 0 Å². The Morgan fingerprint density at radius 1 is 1.53 bits per heavy atom. The lowest BCUT2D eigenvalue weighted by Crippen LogP contribution is -1.98. The molecular formula is C11H9N3O. The second kappa shape index (κ2) is 3.93. The summed E-state index contributed by atoms with van der Waals surface area (Å²) in [5.74, 6) is -0.0831. The topological polar surface area (TPSA) is 58.2 Å². The maximum absolute atomic E-state index is 11.5. The van der Waals surface area contributed by atoms with Gasteiger partial charge in [-0.25, -0.2) is 4.98 Å². The molecule has 0 spiro atoms. The van der Waals surface area contributed by atoms with Crippen molar-refractivity contribution in [3.05, 3.63) is 36.3 Å². The molecule has 74 valence electrons. The van der Waals surface area contributed by atoms with Crippen LogP contribution in [-0.4, -0.2) is 15.2 Å². The van der Waals surface area contributed by atoms with Gasteiger partial charge in [0.15, 0.2) is 5.78 Å². The highest BCUT2D eigenvalue weighted by molar-refractivity contribution is 5.94. The molecule has 0 aromatic carbocycles. The van der Waals surface area contributed by atoms with Crippen LogP contribution in [0.4, 0.5) is 0 Å². The van der Waals surface area contributed by atoms with Crippen molar-refractivity contribution < 1.29 is 4.79 Å². The maximum Gasteiger partial charge on any atom is 0.183 e. The number of ketones is 1. The summed E-state index contributed by atoms with van der Waals surface area (Å²) in [6.45, 7) is 0. The van der Waals surface area contributed by atoms with Crippen molar-refractivity contribution in [3.63, 3.8) is 0 Å². The summed E-state index contributed by atoms with van der Waals surface area (Å²) < 4.78 is 1.79. The van der Waals surface area contributed by atoms with E-state index in [0.717, 1.165) is 5.65 Å². The van der Waals surface area contributed by atoms with Crippen molar-refractivity contribution in [1.29, 1.82) is 5.26 Å². The number of hydrogen-bond acceptors (Lipinski definition) is 3. The van der Waals surface area contributed by atoms with Crippen molar-refractivity contribution in [1.82, 2.24) is 9.38 Å². The van der Waals surface area contributed by atoms with Gasteiger partial charge in [-0.1, -0.05) is 6.07 Å². The van der Waals surface area contributed by atoms with Crippen LogP contribution in [-0.2, 0) is 0 Å². The van der Waals surface area contributed by atoms with Gasteiger partial charge < -0.3 is 4.40 Å². The highest BCUT2D eigenvalue weighted by Gasteiger charge is 2.09. The summed E-state index contributed by atoms with van der Waals surface area (Å²) in [6, 6.07) is 7.52. The van der Waals surface area contributed by atoms with Crippen molar-refractivity contribution >= 4 is 11.4 Å². The molecule has 2 aromatic heterocycles. The van der Waals surface area contributed by atoms with E-state index in [1.54, 1.807) is 10.6 Å². The number of carbonyl (C=O) groups is 1. The van der Waals surface area contributed by atoms with Gasteiger partial charge in [-0.2, -0.15) is 5.26 Å². The Morgan fingerprint density at radius 2 is 2.40 bits per heavy atom. The van der Waals surface area contributed by atoms with Crippen LogP contribution in [0.15, 0.2) is 30.6 Å². The average molecular weight is 199 g/mol. The molecule has 0 fully saturated rings.